The van der Waals surface area contributed by atoms with Crippen molar-refractivity contribution >= 4 is 5.82 Å². The Kier molecular flexibility index (Phi) is 3.28. The molecule has 2 N–H and O–H groups in total. The van der Waals surface area contributed by atoms with Crippen molar-refractivity contribution in [3.63, 3.8) is 0 Å². The number of anilines is 1. The molecule has 1 aromatic heterocycles. The highest BCUT2D eigenvalue weighted by molar-refractivity contribution is 5.32. The van der Waals surface area contributed by atoms with E-state index < -0.39 is 11.9 Å². The van der Waals surface area contributed by atoms with Crippen LogP contribution < -0.4 is 5.73 Å². The van der Waals surface area contributed by atoms with E-state index in [1.807, 2.05) is 0 Å². The van der Waals surface area contributed by atoms with Crippen LogP contribution in [0.25, 0.3) is 0 Å². The lowest BCUT2D eigenvalue weighted by Crippen LogP contribution is -2.23. The van der Waals surface area contributed by atoms with E-state index >= 15 is 0 Å². The second-order valence-electron chi connectivity index (χ2n) is 4.22. The number of rotatable bonds is 2. The molecule has 1 atom stereocenters. The van der Waals surface area contributed by atoms with Crippen molar-refractivity contribution in [2.45, 2.75) is 25.6 Å². The summed E-state index contributed by atoms with van der Waals surface area (Å²) in [7, 11) is 0. The zero-order valence-electron chi connectivity index (χ0n) is 9.20. The van der Waals surface area contributed by atoms with Gasteiger partial charge in [-0.05, 0) is 12.8 Å². The molecule has 0 amide bonds. The molecule has 2 rings (SSSR count). The molecular formula is C10H14F3N3O. The van der Waals surface area contributed by atoms with Crippen molar-refractivity contribution in [3.8, 4) is 0 Å². The molecule has 7 heteroatoms. The van der Waals surface area contributed by atoms with E-state index in [2.05, 4.69) is 5.10 Å². The SMILES string of the molecule is Nc1cc(C(F)(F)F)nn1CC1CCCOC1. The monoisotopic (exact) mass is 249 g/mol. The largest absolute Gasteiger partial charge is 0.435 e. The predicted molar refractivity (Wildman–Crippen MR) is 55.2 cm³/mol. The molecule has 1 saturated heterocycles. The van der Waals surface area contributed by atoms with Crippen LogP contribution in [0.2, 0.25) is 0 Å². The van der Waals surface area contributed by atoms with Gasteiger partial charge < -0.3 is 10.5 Å². The zero-order chi connectivity index (χ0) is 12.5. The van der Waals surface area contributed by atoms with Crippen LogP contribution in [0, 0.1) is 5.92 Å². The molecule has 1 fully saturated rings. The van der Waals surface area contributed by atoms with Gasteiger partial charge in [0.15, 0.2) is 5.69 Å². The number of hydrogen-bond donors (Lipinski definition) is 1. The Morgan fingerprint density at radius 1 is 1.53 bits per heavy atom. The molecule has 0 radical (unpaired) electrons. The molecule has 0 spiro atoms. The van der Waals surface area contributed by atoms with Crippen LogP contribution in [0.4, 0.5) is 19.0 Å². The molecule has 0 saturated carbocycles. The van der Waals surface area contributed by atoms with Crippen molar-refractivity contribution in [3.05, 3.63) is 11.8 Å². The average molecular weight is 249 g/mol. The molecule has 2 heterocycles. The molecule has 1 aliphatic heterocycles. The molecule has 0 aromatic carbocycles. The maximum Gasteiger partial charge on any atom is 0.435 e. The Bertz CT molecular complexity index is 383. The summed E-state index contributed by atoms with van der Waals surface area (Å²) in [5.74, 6) is 0.231. The zero-order valence-corrected chi connectivity index (χ0v) is 9.20. The molecule has 96 valence electrons. The second kappa shape index (κ2) is 4.56. The summed E-state index contributed by atoms with van der Waals surface area (Å²) in [6, 6.07) is 0.865. The van der Waals surface area contributed by atoms with E-state index in [4.69, 9.17) is 10.5 Å². The lowest BCUT2D eigenvalue weighted by molar-refractivity contribution is -0.141. The van der Waals surface area contributed by atoms with Crippen molar-refractivity contribution in [1.29, 1.82) is 0 Å². The standard InChI is InChI=1S/C10H14F3N3O/c11-10(12,13)8-4-9(14)16(15-8)5-7-2-1-3-17-6-7/h4,7H,1-3,5-6,14H2. The van der Waals surface area contributed by atoms with Gasteiger partial charge in [0.05, 0.1) is 6.61 Å². The first-order chi connectivity index (χ1) is 7.97. The highest BCUT2D eigenvalue weighted by atomic mass is 19.4. The molecule has 1 aliphatic rings. The Labute approximate surface area is 96.5 Å². The quantitative estimate of drug-likeness (QED) is 0.871. The minimum Gasteiger partial charge on any atom is -0.384 e. The summed E-state index contributed by atoms with van der Waals surface area (Å²) >= 11 is 0. The fourth-order valence-electron chi connectivity index (χ4n) is 1.91. The van der Waals surface area contributed by atoms with E-state index in [1.165, 1.54) is 4.68 Å². The Hall–Kier alpha value is -1.24. The topological polar surface area (TPSA) is 53.1 Å². The number of aromatic nitrogens is 2. The number of hydrogen-bond acceptors (Lipinski definition) is 3. The molecule has 4 nitrogen and oxygen atoms in total. The van der Waals surface area contributed by atoms with E-state index in [1.54, 1.807) is 0 Å². The number of nitrogens with zero attached hydrogens (tertiary/aromatic N) is 2. The van der Waals surface area contributed by atoms with Gasteiger partial charge in [-0.15, -0.1) is 0 Å². The normalized spacial score (nSPS) is 21.7. The third kappa shape index (κ3) is 2.91. The van der Waals surface area contributed by atoms with E-state index in [-0.39, 0.29) is 11.7 Å². The summed E-state index contributed by atoms with van der Waals surface area (Å²) in [4.78, 5) is 0. The van der Waals surface area contributed by atoms with Gasteiger partial charge in [0.25, 0.3) is 0 Å². The van der Waals surface area contributed by atoms with Crippen LogP contribution in [-0.2, 0) is 17.5 Å². The Balaban J connectivity index is 2.07. The number of alkyl halides is 3. The van der Waals surface area contributed by atoms with Crippen molar-refractivity contribution in [1.82, 2.24) is 9.78 Å². The van der Waals surface area contributed by atoms with Crippen LogP contribution in [-0.4, -0.2) is 23.0 Å². The highest BCUT2D eigenvalue weighted by Gasteiger charge is 2.34. The van der Waals surface area contributed by atoms with Gasteiger partial charge in [0, 0.05) is 25.1 Å². The number of ether oxygens (including phenoxy) is 1. The van der Waals surface area contributed by atoms with Crippen LogP contribution in [0.3, 0.4) is 0 Å². The van der Waals surface area contributed by atoms with Gasteiger partial charge >= 0.3 is 6.18 Å². The van der Waals surface area contributed by atoms with Gasteiger partial charge in [0.2, 0.25) is 0 Å². The average Bonchev–Trinajstić information content (AvgIpc) is 2.62. The lowest BCUT2D eigenvalue weighted by Gasteiger charge is -2.22. The van der Waals surface area contributed by atoms with E-state index in [0.29, 0.717) is 13.2 Å². The van der Waals surface area contributed by atoms with Crippen molar-refractivity contribution < 1.29 is 17.9 Å². The Morgan fingerprint density at radius 3 is 2.82 bits per heavy atom. The summed E-state index contributed by atoms with van der Waals surface area (Å²) < 4.78 is 43.7. The van der Waals surface area contributed by atoms with E-state index in [9.17, 15) is 13.2 Å². The number of nitrogens with two attached hydrogens (primary N) is 1. The van der Waals surface area contributed by atoms with Crippen LogP contribution in [0.1, 0.15) is 18.5 Å². The Morgan fingerprint density at radius 2 is 2.29 bits per heavy atom. The number of nitrogen functional groups attached to an aromatic ring is 1. The summed E-state index contributed by atoms with van der Waals surface area (Å²) in [5.41, 5.74) is 4.58. The van der Waals surface area contributed by atoms with Crippen molar-refractivity contribution in [2.24, 2.45) is 5.92 Å². The van der Waals surface area contributed by atoms with Gasteiger partial charge in [-0.1, -0.05) is 0 Å². The highest BCUT2D eigenvalue weighted by Crippen LogP contribution is 2.29. The van der Waals surface area contributed by atoms with E-state index in [0.717, 1.165) is 25.5 Å². The molecule has 0 aliphatic carbocycles. The maximum absolute atomic E-state index is 12.4. The molecule has 17 heavy (non-hydrogen) atoms. The second-order valence-corrected chi connectivity index (χ2v) is 4.22. The fraction of sp³-hybridized carbons (Fsp3) is 0.700. The minimum absolute atomic E-state index is 0.0444. The predicted octanol–water partition coefficient (Wildman–Crippen LogP) is 1.91. The summed E-state index contributed by atoms with van der Waals surface area (Å²) in [5, 5.41) is 3.49. The van der Waals surface area contributed by atoms with Crippen LogP contribution in [0.15, 0.2) is 6.07 Å². The minimum atomic E-state index is -4.44. The first-order valence-electron chi connectivity index (χ1n) is 5.45. The van der Waals surface area contributed by atoms with Gasteiger partial charge in [0.1, 0.15) is 5.82 Å². The third-order valence-corrected chi connectivity index (χ3v) is 2.79. The molecule has 1 aromatic rings. The lowest BCUT2D eigenvalue weighted by atomic mass is 10.0. The van der Waals surface area contributed by atoms with Gasteiger partial charge in [-0.3, -0.25) is 0 Å². The fourth-order valence-corrected chi connectivity index (χ4v) is 1.91. The summed E-state index contributed by atoms with van der Waals surface area (Å²) in [6.07, 6.45) is -2.58. The van der Waals surface area contributed by atoms with Crippen LogP contribution >= 0.6 is 0 Å². The molecular weight excluding hydrogens is 235 g/mol. The van der Waals surface area contributed by atoms with Crippen molar-refractivity contribution in [2.75, 3.05) is 18.9 Å². The van der Waals surface area contributed by atoms with Gasteiger partial charge in [-0.2, -0.15) is 18.3 Å². The first-order valence-corrected chi connectivity index (χ1v) is 5.45. The maximum atomic E-state index is 12.4. The molecule has 0 bridgehead atoms. The first kappa shape index (κ1) is 12.2. The molecule has 1 unspecified atom stereocenters. The number of halogens is 3. The van der Waals surface area contributed by atoms with Crippen LogP contribution in [0.5, 0.6) is 0 Å². The smallest absolute Gasteiger partial charge is 0.384 e. The third-order valence-electron chi connectivity index (χ3n) is 2.79. The summed E-state index contributed by atoms with van der Waals surface area (Å²) in [6.45, 7) is 1.65. The van der Waals surface area contributed by atoms with Gasteiger partial charge in [-0.25, -0.2) is 4.68 Å².